The van der Waals surface area contributed by atoms with Crippen molar-refractivity contribution in [2.24, 2.45) is 0 Å². The van der Waals surface area contributed by atoms with Crippen LogP contribution in [0.3, 0.4) is 0 Å². The lowest BCUT2D eigenvalue weighted by molar-refractivity contribution is 0.340. The summed E-state index contributed by atoms with van der Waals surface area (Å²) in [6.45, 7) is 0. The molecule has 0 unspecified atom stereocenters. The lowest BCUT2D eigenvalue weighted by atomic mass is 10.1. The molecule has 3 N–H and O–H groups in total. The Morgan fingerprint density at radius 1 is 0.923 bits per heavy atom. The molecule has 1 aromatic heterocycles. The Hall–Kier alpha value is -2.39. The third-order valence-electron chi connectivity index (χ3n) is 3.76. The molecule has 9 heteroatoms. The molecule has 136 valence electrons. The Bertz CT molecular complexity index is 1060. The number of methoxy groups -OCH3 is 2. The van der Waals surface area contributed by atoms with Gasteiger partial charge in [-0.05, 0) is 44.0 Å². The number of benzene rings is 2. The molecule has 0 amide bonds. The molecule has 1 heterocycles. The minimum Gasteiger partial charge on any atom is -0.506 e. The largest absolute Gasteiger partial charge is 0.506 e. The van der Waals surface area contributed by atoms with Crippen molar-refractivity contribution >= 4 is 42.8 Å². The zero-order valence-electron chi connectivity index (χ0n) is 13.5. The number of fused-ring (bicyclic) bond motifs is 1. The van der Waals surface area contributed by atoms with Gasteiger partial charge in [0.05, 0.1) is 14.2 Å². The molecular weight excluding hydrogens is 476 g/mol. The molecule has 3 rings (SSSR count). The van der Waals surface area contributed by atoms with Crippen LogP contribution in [0, 0.1) is 0 Å². The van der Waals surface area contributed by atoms with Crippen LogP contribution in [0.4, 0.5) is 0 Å². The normalized spacial score (nSPS) is 10.9. The van der Waals surface area contributed by atoms with Crippen molar-refractivity contribution in [3.05, 3.63) is 37.4 Å². The number of halogens is 2. The highest BCUT2D eigenvalue weighted by Gasteiger charge is 2.22. The van der Waals surface area contributed by atoms with E-state index in [4.69, 9.17) is 13.9 Å². The van der Waals surface area contributed by atoms with Gasteiger partial charge in [0.1, 0.15) is 31.4 Å². The third-order valence-corrected chi connectivity index (χ3v) is 5.27. The van der Waals surface area contributed by atoms with E-state index in [9.17, 15) is 20.1 Å². The molecule has 0 aliphatic heterocycles. The summed E-state index contributed by atoms with van der Waals surface area (Å²) in [7, 11) is 2.75. The molecule has 0 saturated heterocycles. The summed E-state index contributed by atoms with van der Waals surface area (Å²) in [5, 5.41) is 30.0. The Morgan fingerprint density at radius 2 is 1.50 bits per heavy atom. The maximum absolute atomic E-state index is 12.7. The molecule has 2 aromatic carbocycles. The zero-order chi connectivity index (χ0) is 19.2. The second-order valence-corrected chi connectivity index (χ2v) is 6.82. The summed E-state index contributed by atoms with van der Waals surface area (Å²) < 4.78 is 16.0. The molecule has 0 radical (unpaired) electrons. The molecule has 0 atom stereocenters. The molecule has 0 bridgehead atoms. The van der Waals surface area contributed by atoms with Gasteiger partial charge < -0.3 is 29.2 Å². The monoisotopic (exact) mass is 486 g/mol. The number of hydrogen-bond donors (Lipinski definition) is 3. The average Bonchev–Trinajstić information content (AvgIpc) is 2.62. The van der Waals surface area contributed by atoms with E-state index in [1.54, 1.807) is 0 Å². The predicted molar refractivity (Wildman–Crippen MR) is 101 cm³/mol. The Kier molecular flexibility index (Phi) is 4.76. The summed E-state index contributed by atoms with van der Waals surface area (Å²) in [5.41, 5.74) is -0.174. The highest BCUT2D eigenvalue weighted by Crippen LogP contribution is 2.44. The second kappa shape index (κ2) is 6.73. The first kappa shape index (κ1) is 18.4. The van der Waals surface area contributed by atoms with Crippen LogP contribution in [0.25, 0.3) is 22.3 Å². The molecule has 0 fully saturated rings. The smallest absolute Gasteiger partial charge is 0.211 e. The number of aromatic hydroxyl groups is 3. The number of ether oxygens (including phenoxy) is 2. The topological polar surface area (TPSA) is 109 Å². The molecular formula is C17H12Br2O7. The van der Waals surface area contributed by atoms with Gasteiger partial charge in [-0.2, -0.15) is 0 Å². The van der Waals surface area contributed by atoms with Crippen molar-refractivity contribution in [3.63, 3.8) is 0 Å². The van der Waals surface area contributed by atoms with Gasteiger partial charge in [-0.15, -0.1) is 0 Å². The van der Waals surface area contributed by atoms with E-state index < -0.39 is 11.2 Å². The Labute approximate surface area is 163 Å². The van der Waals surface area contributed by atoms with Crippen LogP contribution in [0.15, 0.2) is 36.4 Å². The van der Waals surface area contributed by atoms with Crippen LogP contribution in [0.5, 0.6) is 28.7 Å². The van der Waals surface area contributed by atoms with Crippen LogP contribution in [0.1, 0.15) is 0 Å². The fraction of sp³-hybridized carbons (Fsp3) is 0.118. The van der Waals surface area contributed by atoms with Crippen LogP contribution in [-0.4, -0.2) is 29.5 Å². The number of phenols is 3. The van der Waals surface area contributed by atoms with Gasteiger partial charge in [-0.25, -0.2) is 0 Å². The predicted octanol–water partition coefficient (Wildman–Crippen LogP) is 4.12. The third kappa shape index (κ3) is 2.77. The van der Waals surface area contributed by atoms with Crippen LogP contribution < -0.4 is 14.9 Å². The first-order valence-electron chi connectivity index (χ1n) is 7.12. The minimum atomic E-state index is -0.537. The molecule has 7 nitrogen and oxygen atoms in total. The van der Waals surface area contributed by atoms with E-state index in [2.05, 4.69) is 31.9 Å². The van der Waals surface area contributed by atoms with Gasteiger partial charge in [0.15, 0.2) is 17.3 Å². The van der Waals surface area contributed by atoms with E-state index in [0.717, 1.165) is 0 Å². The lowest BCUT2D eigenvalue weighted by Crippen LogP contribution is -2.05. The van der Waals surface area contributed by atoms with E-state index >= 15 is 0 Å². The lowest BCUT2D eigenvalue weighted by Gasteiger charge is -2.13. The maximum Gasteiger partial charge on any atom is 0.211 e. The van der Waals surface area contributed by atoms with Gasteiger partial charge in [0, 0.05) is 11.6 Å². The average molecular weight is 488 g/mol. The summed E-state index contributed by atoms with van der Waals surface area (Å²) in [6.07, 6.45) is 0. The van der Waals surface area contributed by atoms with Gasteiger partial charge in [-0.3, -0.25) is 4.79 Å². The highest BCUT2D eigenvalue weighted by atomic mass is 79.9. The molecule has 0 saturated carbocycles. The maximum atomic E-state index is 12.7. The van der Waals surface area contributed by atoms with E-state index in [-0.39, 0.29) is 48.7 Å². The summed E-state index contributed by atoms with van der Waals surface area (Å²) >= 11 is 6.20. The molecule has 0 aliphatic carbocycles. The van der Waals surface area contributed by atoms with E-state index in [0.29, 0.717) is 5.56 Å². The van der Waals surface area contributed by atoms with E-state index in [1.165, 1.54) is 32.4 Å². The van der Waals surface area contributed by atoms with Crippen molar-refractivity contribution in [1.82, 2.24) is 0 Å². The Morgan fingerprint density at radius 3 is 2.04 bits per heavy atom. The van der Waals surface area contributed by atoms with Crippen LogP contribution in [0.2, 0.25) is 0 Å². The first-order chi connectivity index (χ1) is 12.3. The highest BCUT2D eigenvalue weighted by molar-refractivity contribution is 9.11. The van der Waals surface area contributed by atoms with Gasteiger partial charge in [0.25, 0.3) is 0 Å². The standard InChI is InChI=1S/C17H12Br2O7/c1-24-9-3-6(4-10(25-2)14(9)21)17-13(19)16(23)11-8(26-17)5-7(20)12(18)15(11)22/h3-5,20-22H,1-2H3. The van der Waals surface area contributed by atoms with Crippen molar-refractivity contribution in [3.8, 4) is 40.1 Å². The quantitative estimate of drug-likeness (QED) is 0.509. The molecule has 3 aromatic rings. The first-order valence-corrected chi connectivity index (χ1v) is 8.70. The van der Waals surface area contributed by atoms with E-state index in [1.807, 2.05) is 0 Å². The Balaban J connectivity index is 2.39. The summed E-state index contributed by atoms with van der Waals surface area (Å²) in [4.78, 5) is 12.7. The molecule has 0 spiro atoms. The zero-order valence-corrected chi connectivity index (χ0v) is 16.6. The summed E-state index contributed by atoms with van der Waals surface area (Å²) in [6, 6.07) is 4.14. The van der Waals surface area contributed by atoms with Gasteiger partial charge in [0.2, 0.25) is 11.2 Å². The fourth-order valence-corrected chi connectivity index (χ4v) is 3.31. The van der Waals surface area contributed by atoms with Gasteiger partial charge in [-0.1, -0.05) is 0 Å². The summed E-state index contributed by atoms with van der Waals surface area (Å²) in [5.74, 6) is -0.558. The van der Waals surface area contributed by atoms with Crippen molar-refractivity contribution in [1.29, 1.82) is 0 Å². The molecule has 0 aliphatic rings. The second-order valence-electron chi connectivity index (χ2n) is 5.24. The van der Waals surface area contributed by atoms with Crippen molar-refractivity contribution in [2.75, 3.05) is 14.2 Å². The number of hydrogen-bond acceptors (Lipinski definition) is 7. The van der Waals surface area contributed by atoms with Gasteiger partial charge >= 0.3 is 0 Å². The van der Waals surface area contributed by atoms with Crippen LogP contribution >= 0.6 is 31.9 Å². The number of phenolic OH excluding ortho intramolecular Hbond substituents is 3. The number of rotatable bonds is 3. The molecule has 26 heavy (non-hydrogen) atoms. The SMILES string of the molecule is COc1cc(-c2oc3cc(O)c(Br)c(O)c3c(=O)c2Br)cc(OC)c1O. The minimum absolute atomic E-state index is 0.00933. The van der Waals surface area contributed by atoms with Crippen molar-refractivity contribution < 1.29 is 29.2 Å². The van der Waals surface area contributed by atoms with Crippen molar-refractivity contribution in [2.45, 2.75) is 0 Å². The fourth-order valence-electron chi connectivity index (χ4n) is 2.49. The van der Waals surface area contributed by atoms with Crippen LogP contribution in [-0.2, 0) is 0 Å².